The highest BCUT2D eigenvalue weighted by atomic mass is 15.2. The Hall–Kier alpha value is -2.03. The topological polar surface area (TPSA) is 42.1 Å². The van der Waals surface area contributed by atoms with Crippen LogP contribution in [0, 0.1) is 0 Å². The van der Waals surface area contributed by atoms with Gasteiger partial charge in [-0.3, -0.25) is 0 Å². The Labute approximate surface area is 102 Å². The lowest BCUT2D eigenvalue weighted by molar-refractivity contribution is 0.860. The first-order valence-corrected chi connectivity index (χ1v) is 5.72. The highest BCUT2D eigenvalue weighted by Crippen LogP contribution is 2.12. The summed E-state index contributed by atoms with van der Waals surface area (Å²) in [5, 5.41) is 0. The van der Waals surface area contributed by atoms with Crippen molar-refractivity contribution in [1.29, 1.82) is 0 Å². The summed E-state index contributed by atoms with van der Waals surface area (Å²) in [4.78, 5) is 6.41. The predicted molar refractivity (Wildman–Crippen MR) is 72.1 cm³/mol. The highest BCUT2D eigenvalue weighted by molar-refractivity contribution is 5.49. The number of nitrogen functional groups attached to an aromatic ring is 1. The number of pyridine rings is 1. The minimum absolute atomic E-state index is 0.751. The van der Waals surface area contributed by atoms with Gasteiger partial charge in [0.1, 0.15) is 5.82 Å². The molecule has 0 bridgehead atoms. The van der Waals surface area contributed by atoms with Crippen LogP contribution in [0.25, 0.3) is 0 Å². The first-order valence-electron chi connectivity index (χ1n) is 5.72. The van der Waals surface area contributed by atoms with Crippen LogP contribution in [0.1, 0.15) is 5.56 Å². The van der Waals surface area contributed by atoms with Crippen molar-refractivity contribution in [1.82, 2.24) is 4.98 Å². The molecular formula is C14H17N3. The lowest BCUT2D eigenvalue weighted by Gasteiger charge is -2.18. The Balaban J connectivity index is 1.96. The van der Waals surface area contributed by atoms with Gasteiger partial charge in [0.25, 0.3) is 0 Å². The number of benzene rings is 1. The highest BCUT2D eigenvalue weighted by Gasteiger charge is 2.02. The van der Waals surface area contributed by atoms with Gasteiger partial charge in [0, 0.05) is 31.5 Å². The van der Waals surface area contributed by atoms with E-state index in [0.29, 0.717) is 0 Å². The van der Waals surface area contributed by atoms with Gasteiger partial charge in [0.2, 0.25) is 0 Å². The molecule has 2 aromatic rings. The molecule has 2 rings (SSSR count). The number of anilines is 2. The van der Waals surface area contributed by atoms with E-state index in [1.807, 2.05) is 19.2 Å². The normalized spacial score (nSPS) is 10.2. The summed E-state index contributed by atoms with van der Waals surface area (Å²) in [5.41, 5.74) is 7.82. The maximum Gasteiger partial charge on any atom is 0.130 e. The van der Waals surface area contributed by atoms with E-state index in [0.717, 1.165) is 24.5 Å². The molecule has 1 heterocycles. The average molecular weight is 227 g/mol. The third-order valence-electron chi connectivity index (χ3n) is 2.74. The van der Waals surface area contributed by atoms with Gasteiger partial charge in [-0.15, -0.1) is 0 Å². The quantitative estimate of drug-likeness (QED) is 0.871. The minimum Gasteiger partial charge on any atom is -0.399 e. The van der Waals surface area contributed by atoms with E-state index < -0.39 is 0 Å². The van der Waals surface area contributed by atoms with Gasteiger partial charge in [0.05, 0.1) is 0 Å². The fourth-order valence-electron chi connectivity index (χ4n) is 1.70. The number of hydrogen-bond acceptors (Lipinski definition) is 3. The summed E-state index contributed by atoms with van der Waals surface area (Å²) in [5.74, 6) is 0.918. The van der Waals surface area contributed by atoms with Crippen LogP contribution in [0.3, 0.4) is 0 Å². The molecule has 17 heavy (non-hydrogen) atoms. The van der Waals surface area contributed by atoms with Gasteiger partial charge < -0.3 is 10.6 Å². The van der Waals surface area contributed by atoms with Crippen LogP contribution in [0.15, 0.2) is 48.7 Å². The molecule has 3 heteroatoms. The summed E-state index contributed by atoms with van der Waals surface area (Å²) in [7, 11) is 2.03. The predicted octanol–water partition coefficient (Wildman–Crippen LogP) is 2.34. The molecule has 0 saturated carbocycles. The fraction of sp³-hybridized carbons (Fsp3) is 0.214. The summed E-state index contributed by atoms with van der Waals surface area (Å²) in [6, 6.07) is 14.1. The van der Waals surface area contributed by atoms with Crippen LogP contribution in [0.2, 0.25) is 0 Å². The second kappa shape index (κ2) is 5.34. The van der Waals surface area contributed by atoms with Crippen molar-refractivity contribution in [3.05, 3.63) is 54.2 Å². The molecule has 0 unspecified atom stereocenters. The van der Waals surface area contributed by atoms with Gasteiger partial charge >= 0.3 is 0 Å². The number of likely N-dealkylation sites (N-methyl/N-ethyl adjacent to an activating group) is 1. The molecule has 1 aromatic carbocycles. The van der Waals surface area contributed by atoms with Gasteiger partial charge in [-0.2, -0.15) is 0 Å². The third kappa shape index (κ3) is 3.21. The third-order valence-corrected chi connectivity index (χ3v) is 2.74. The van der Waals surface area contributed by atoms with Crippen LogP contribution in [0.5, 0.6) is 0 Å². The van der Waals surface area contributed by atoms with E-state index in [2.05, 4.69) is 34.1 Å². The van der Waals surface area contributed by atoms with E-state index >= 15 is 0 Å². The number of rotatable bonds is 4. The molecular weight excluding hydrogens is 210 g/mol. The number of aromatic nitrogens is 1. The van der Waals surface area contributed by atoms with Gasteiger partial charge in [0.15, 0.2) is 0 Å². The first-order chi connectivity index (χ1) is 8.25. The number of nitrogens with two attached hydrogens (primary N) is 1. The summed E-state index contributed by atoms with van der Waals surface area (Å²) in [6.45, 7) is 0.931. The zero-order valence-electron chi connectivity index (χ0n) is 10.0. The van der Waals surface area contributed by atoms with Gasteiger partial charge in [-0.1, -0.05) is 30.3 Å². The Bertz CT molecular complexity index is 468. The van der Waals surface area contributed by atoms with Crippen molar-refractivity contribution < 1.29 is 0 Å². The zero-order valence-corrected chi connectivity index (χ0v) is 10.0. The van der Waals surface area contributed by atoms with Crippen LogP contribution >= 0.6 is 0 Å². The van der Waals surface area contributed by atoms with Crippen molar-refractivity contribution in [2.45, 2.75) is 6.42 Å². The second-order valence-electron chi connectivity index (χ2n) is 4.10. The van der Waals surface area contributed by atoms with Crippen molar-refractivity contribution >= 4 is 11.5 Å². The molecule has 0 fully saturated rings. The Morgan fingerprint density at radius 3 is 2.65 bits per heavy atom. The molecule has 1 aromatic heterocycles. The molecule has 88 valence electrons. The van der Waals surface area contributed by atoms with Crippen molar-refractivity contribution in [3.63, 3.8) is 0 Å². The van der Waals surface area contributed by atoms with E-state index in [1.54, 1.807) is 12.3 Å². The second-order valence-corrected chi connectivity index (χ2v) is 4.10. The smallest absolute Gasteiger partial charge is 0.130 e. The van der Waals surface area contributed by atoms with Crippen LogP contribution < -0.4 is 10.6 Å². The molecule has 0 atom stereocenters. The molecule has 0 aliphatic rings. The number of hydrogen-bond donors (Lipinski definition) is 1. The molecule has 0 spiro atoms. The molecule has 0 radical (unpaired) electrons. The van der Waals surface area contributed by atoms with Crippen LogP contribution in [-0.2, 0) is 6.42 Å². The molecule has 2 N–H and O–H groups in total. The summed E-state index contributed by atoms with van der Waals surface area (Å²) >= 11 is 0. The molecule has 0 saturated heterocycles. The zero-order chi connectivity index (χ0) is 12.1. The Morgan fingerprint density at radius 1 is 1.18 bits per heavy atom. The van der Waals surface area contributed by atoms with Gasteiger partial charge in [-0.05, 0) is 18.1 Å². The van der Waals surface area contributed by atoms with Crippen molar-refractivity contribution in [3.8, 4) is 0 Å². The van der Waals surface area contributed by atoms with Crippen molar-refractivity contribution in [2.24, 2.45) is 0 Å². The average Bonchev–Trinajstić information content (AvgIpc) is 2.37. The Morgan fingerprint density at radius 2 is 1.94 bits per heavy atom. The standard InChI is InChI=1S/C14H17N3/c1-17(14-11-13(15)7-9-16-14)10-8-12-5-3-2-4-6-12/h2-7,9,11H,8,10H2,1H3,(H2,15,16). The molecule has 0 aliphatic heterocycles. The maximum absolute atomic E-state index is 5.74. The Kier molecular flexibility index (Phi) is 3.60. The SMILES string of the molecule is CN(CCc1ccccc1)c1cc(N)ccn1. The lowest BCUT2D eigenvalue weighted by Crippen LogP contribution is -2.21. The van der Waals surface area contributed by atoms with E-state index in [9.17, 15) is 0 Å². The maximum atomic E-state index is 5.74. The van der Waals surface area contributed by atoms with Gasteiger partial charge in [-0.25, -0.2) is 4.98 Å². The lowest BCUT2D eigenvalue weighted by atomic mass is 10.1. The van der Waals surface area contributed by atoms with E-state index in [1.165, 1.54) is 5.56 Å². The molecule has 0 aliphatic carbocycles. The number of nitrogens with zero attached hydrogens (tertiary/aromatic N) is 2. The molecule has 3 nitrogen and oxygen atoms in total. The largest absolute Gasteiger partial charge is 0.399 e. The van der Waals surface area contributed by atoms with E-state index in [4.69, 9.17) is 5.73 Å². The van der Waals surface area contributed by atoms with E-state index in [-0.39, 0.29) is 0 Å². The monoisotopic (exact) mass is 227 g/mol. The van der Waals surface area contributed by atoms with Crippen LogP contribution in [0.4, 0.5) is 11.5 Å². The fourth-order valence-corrected chi connectivity index (χ4v) is 1.70. The van der Waals surface area contributed by atoms with Crippen molar-refractivity contribution in [2.75, 3.05) is 24.2 Å². The minimum atomic E-state index is 0.751. The summed E-state index contributed by atoms with van der Waals surface area (Å²) in [6.07, 6.45) is 2.75. The summed E-state index contributed by atoms with van der Waals surface area (Å²) < 4.78 is 0. The molecule has 0 amide bonds. The van der Waals surface area contributed by atoms with Crippen LogP contribution in [-0.4, -0.2) is 18.6 Å². The first kappa shape index (κ1) is 11.5.